The van der Waals surface area contributed by atoms with Crippen LogP contribution in [0, 0.1) is 22.5 Å². The number of hydrogen-bond acceptors (Lipinski definition) is 4. The van der Waals surface area contributed by atoms with Crippen LogP contribution >= 0.6 is 12.2 Å². The average molecular weight is 452 g/mol. The number of rotatable bonds is 6. The lowest BCUT2D eigenvalue weighted by Crippen LogP contribution is -2.49. The van der Waals surface area contributed by atoms with Gasteiger partial charge in [-0.25, -0.2) is 4.68 Å². The van der Waals surface area contributed by atoms with Gasteiger partial charge in [0, 0.05) is 44.7 Å². The molecule has 6 heteroatoms. The number of aromatic nitrogens is 3. The smallest absolute Gasteiger partial charge is 0.199 e. The molecule has 4 aliphatic carbocycles. The molecule has 5 nitrogen and oxygen atoms in total. The van der Waals surface area contributed by atoms with Gasteiger partial charge in [0.1, 0.15) is 5.82 Å². The lowest BCUT2D eigenvalue weighted by atomic mass is 9.49. The summed E-state index contributed by atoms with van der Waals surface area (Å²) in [4.78, 5) is 5.10. The van der Waals surface area contributed by atoms with Gasteiger partial charge in [-0.05, 0) is 81.0 Å². The summed E-state index contributed by atoms with van der Waals surface area (Å²) in [7, 11) is 0. The van der Waals surface area contributed by atoms with E-state index in [0.29, 0.717) is 5.41 Å². The molecule has 1 aliphatic heterocycles. The van der Waals surface area contributed by atoms with Gasteiger partial charge in [0.05, 0.1) is 6.67 Å². The van der Waals surface area contributed by atoms with Crippen molar-refractivity contribution in [3.05, 3.63) is 46.5 Å². The number of nitrogens with zero attached hydrogens (tertiary/aromatic N) is 5. The molecule has 0 N–H and O–H groups in total. The predicted molar refractivity (Wildman–Crippen MR) is 130 cm³/mol. The maximum Gasteiger partial charge on any atom is 0.199 e. The third kappa shape index (κ3) is 3.78. The molecule has 0 amide bonds. The second-order valence-corrected chi connectivity index (χ2v) is 11.4. The maximum absolute atomic E-state index is 5.97. The van der Waals surface area contributed by atoms with Crippen LogP contribution in [0.1, 0.15) is 56.8 Å². The number of hydrogen-bond donors (Lipinski definition) is 0. The van der Waals surface area contributed by atoms with E-state index in [1.807, 2.05) is 0 Å². The van der Waals surface area contributed by atoms with E-state index in [-0.39, 0.29) is 0 Å². The normalized spacial score (nSPS) is 32.6. The Balaban J connectivity index is 1.16. The molecular weight excluding hydrogens is 414 g/mol. The third-order valence-corrected chi connectivity index (χ3v) is 9.23. The minimum absolute atomic E-state index is 0.304. The lowest BCUT2D eigenvalue weighted by Gasteiger charge is -2.56. The van der Waals surface area contributed by atoms with E-state index in [1.165, 1.54) is 49.9 Å². The van der Waals surface area contributed by atoms with Gasteiger partial charge >= 0.3 is 0 Å². The van der Waals surface area contributed by atoms with Gasteiger partial charge in [-0.15, -0.1) is 0 Å². The van der Waals surface area contributed by atoms with E-state index < -0.39 is 0 Å². The first-order chi connectivity index (χ1) is 15.6. The first-order valence-electron chi connectivity index (χ1n) is 12.8. The van der Waals surface area contributed by atoms with Crippen molar-refractivity contribution in [3.8, 4) is 0 Å². The predicted octanol–water partition coefficient (Wildman–Crippen LogP) is 4.68. The Kier molecular flexibility index (Phi) is 5.51. The highest BCUT2D eigenvalue weighted by Crippen LogP contribution is 2.60. The second-order valence-electron chi connectivity index (χ2n) is 11.1. The molecule has 1 saturated heterocycles. The maximum atomic E-state index is 5.97. The molecule has 32 heavy (non-hydrogen) atoms. The molecule has 172 valence electrons. The van der Waals surface area contributed by atoms with Crippen molar-refractivity contribution in [1.82, 2.24) is 24.1 Å². The highest BCUT2D eigenvalue weighted by molar-refractivity contribution is 7.71. The molecule has 0 radical (unpaired) electrons. The fraction of sp³-hybridized carbons (Fsp3) is 0.692. The van der Waals surface area contributed by atoms with Crippen LogP contribution in [0.25, 0.3) is 0 Å². The summed E-state index contributed by atoms with van der Waals surface area (Å²) in [6.07, 6.45) is 8.47. The van der Waals surface area contributed by atoms with E-state index in [9.17, 15) is 0 Å². The average Bonchev–Trinajstić information content (AvgIpc) is 3.11. The van der Waals surface area contributed by atoms with Crippen LogP contribution in [0.4, 0.5) is 0 Å². The summed E-state index contributed by atoms with van der Waals surface area (Å²) in [5.41, 5.74) is 1.71. The van der Waals surface area contributed by atoms with Crippen LogP contribution in [-0.4, -0.2) is 50.3 Å². The highest BCUT2D eigenvalue weighted by Gasteiger charge is 2.53. The Labute approximate surface area is 197 Å². The Morgan fingerprint density at radius 3 is 2.09 bits per heavy atom. The Morgan fingerprint density at radius 2 is 1.50 bits per heavy atom. The van der Waals surface area contributed by atoms with Gasteiger partial charge in [0.15, 0.2) is 4.77 Å². The second kappa shape index (κ2) is 8.37. The zero-order valence-electron chi connectivity index (χ0n) is 19.5. The molecular formula is C26H37N5S. The lowest BCUT2D eigenvalue weighted by molar-refractivity contribution is -0.0115. The zero-order chi connectivity index (χ0) is 21.7. The topological polar surface area (TPSA) is 29.2 Å². The van der Waals surface area contributed by atoms with Gasteiger partial charge in [-0.3, -0.25) is 9.80 Å². The van der Waals surface area contributed by atoms with Crippen LogP contribution in [0.2, 0.25) is 0 Å². The minimum atomic E-state index is 0.304. The molecule has 2 heterocycles. The fourth-order valence-electron chi connectivity index (χ4n) is 7.71. The Hall–Kier alpha value is -1.50. The first kappa shape index (κ1) is 21.1. The molecule has 1 aromatic heterocycles. The Bertz CT molecular complexity index is 966. The van der Waals surface area contributed by atoms with Gasteiger partial charge in [-0.1, -0.05) is 30.3 Å². The monoisotopic (exact) mass is 451 g/mol. The SMILES string of the molecule is CCn1c(C23CC4CC(CC(C4)C2)C3)nn(CN2CCN(Cc3ccccc3)CC2)c1=S. The van der Waals surface area contributed by atoms with Crippen molar-refractivity contribution in [2.75, 3.05) is 26.2 Å². The number of piperazine rings is 1. The van der Waals surface area contributed by atoms with Crippen molar-refractivity contribution in [2.45, 2.75) is 70.6 Å². The van der Waals surface area contributed by atoms with Gasteiger partial charge in [-0.2, -0.15) is 5.10 Å². The van der Waals surface area contributed by atoms with E-state index >= 15 is 0 Å². The van der Waals surface area contributed by atoms with Crippen molar-refractivity contribution in [1.29, 1.82) is 0 Å². The standard InChI is InChI=1S/C26H37N5S/c1-2-30-24(26-15-21-12-22(16-26)14-23(13-21)17-26)27-31(25(30)32)19-29-10-8-28(9-11-29)18-20-6-4-3-5-7-20/h3-7,21-23H,2,8-19H2,1H3. The third-order valence-electron chi connectivity index (χ3n) is 8.80. The summed E-state index contributed by atoms with van der Waals surface area (Å²) in [6, 6.07) is 10.8. The van der Waals surface area contributed by atoms with Crippen LogP contribution in [0.5, 0.6) is 0 Å². The molecule has 4 saturated carbocycles. The molecule has 5 fully saturated rings. The first-order valence-corrected chi connectivity index (χ1v) is 13.2. The minimum Gasteiger partial charge on any atom is -0.304 e. The van der Waals surface area contributed by atoms with Crippen molar-refractivity contribution < 1.29 is 0 Å². The zero-order valence-corrected chi connectivity index (χ0v) is 20.3. The van der Waals surface area contributed by atoms with Gasteiger partial charge in [0.2, 0.25) is 0 Å². The van der Waals surface area contributed by atoms with Crippen LogP contribution in [-0.2, 0) is 25.2 Å². The summed E-state index contributed by atoms with van der Waals surface area (Å²) in [6.45, 7) is 9.46. The van der Waals surface area contributed by atoms with Crippen LogP contribution in [0.3, 0.4) is 0 Å². The Morgan fingerprint density at radius 1 is 0.906 bits per heavy atom. The molecule has 7 rings (SSSR count). The summed E-state index contributed by atoms with van der Waals surface area (Å²) >= 11 is 5.97. The van der Waals surface area contributed by atoms with Gasteiger partial charge in [0.25, 0.3) is 0 Å². The van der Waals surface area contributed by atoms with Gasteiger partial charge < -0.3 is 4.57 Å². The van der Waals surface area contributed by atoms with Crippen molar-refractivity contribution in [2.24, 2.45) is 17.8 Å². The van der Waals surface area contributed by atoms with Crippen molar-refractivity contribution in [3.63, 3.8) is 0 Å². The summed E-state index contributed by atoms with van der Waals surface area (Å²) in [5.74, 6) is 4.13. The molecule has 4 bridgehead atoms. The molecule has 5 aliphatic rings. The van der Waals surface area contributed by atoms with Crippen LogP contribution in [0.15, 0.2) is 30.3 Å². The van der Waals surface area contributed by atoms with E-state index in [4.69, 9.17) is 17.3 Å². The van der Waals surface area contributed by atoms with E-state index in [2.05, 4.69) is 56.3 Å². The molecule has 0 atom stereocenters. The highest BCUT2D eigenvalue weighted by atomic mass is 32.1. The largest absolute Gasteiger partial charge is 0.304 e. The molecule has 0 unspecified atom stereocenters. The molecule has 1 aromatic carbocycles. The van der Waals surface area contributed by atoms with Crippen molar-refractivity contribution >= 4 is 12.2 Å². The summed E-state index contributed by atoms with van der Waals surface area (Å²) < 4.78 is 5.47. The quantitative estimate of drug-likeness (QED) is 0.597. The van der Waals surface area contributed by atoms with E-state index in [1.54, 1.807) is 0 Å². The van der Waals surface area contributed by atoms with Crippen LogP contribution < -0.4 is 0 Å². The molecule has 2 aromatic rings. The summed E-state index contributed by atoms with van der Waals surface area (Å²) in [5, 5.41) is 5.27. The van der Waals surface area contributed by atoms with E-state index in [0.717, 1.165) is 68.5 Å². The fourth-order valence-corrected chi connectivity index (χ4v) is 8.03. The molecule has 0 spiro atoms. The number of benzene rings is 1.